The number of hydrogen-bond acceptors (Lipinski definition) is 7. The molecular formula is C16H21N5O4. The number of nitrogens with zero attached hydrogens (tertiary/aromatic N) is 1. The Morgan fingerprint density at radius 2 is 1.76 bits per heavy atom. The van der Waals surface area contributed by atoms with Gasteiger partial charge in [0.05, 0.1) is 0 Å². The Bertz CT molecular complexity index is 923. The van der Waals surface area contributed by atoms with Gasteiger partial charge >= 0.3 is 0 Å². The fourth-order valence-corrected chi connectivity index (χ4v) is 2.28. The second kappa shape index (κ2) is 6.89. The summed E-state index contributed by atoms with van der Waals surface area (Å²) >= 11 is 0. The molecule has 2 aromatic rings. The minimum Gasteiger partial charge on any atom is -0.365 e. The number of carbonyl (C=O) groups is 1. The quantitative estimate of drug-likeness (QED) is 0.322. The Labute approximate surface area is 143 Å². The molecule has 9 heteroatoms. The number of anilines is 3. The second-order valence-electron chi connectivity index (χ2n) is 6.09. The van der Waals surface area contributed by atoms with Crippen molar-refractivity contribution in [1.29, 1.82) is 0 Å². The van der Waals surface area contributed by atoms with Crippen LogP contribution in [-0.4, -0.2) is 24.0 Å². The zero-order valence-corrected chi connectivity index (χ0v) is 14.5. The normalized spacial score (nSPS) is 12.2. The lowest BCUT2D eigenvalue weighted by molar-refractivity contribution is 0.0961. The molecule has 0 aliphatic rings. The molecule has 1 amide bonds. The van der Waals surface area contributed by atoms with Crippen molar-refractivity contribution in [3.05, 3.63) is 48.6 Å². The summed E-state index contributed by atoms with van der Waals surface area (Å²) in [6.45, 7) is 5.69. The second-order valence-corrected chi connectivity index (χ2v) is 6.09. The van der Waals surface area contributed by atoms with E-state index in [0.29, 0.717) is 0 Å². The molecule has 1 heterocycles. The fraction of sp³-hybridized carbons (Fsp3) is 0.375. The molecule has 9 nitrogen and oxygen atoms in total. The lowest BCUT2D eigenvalue weighted by Gasteiger charge is -2.31. The van der Waals surface area contributed by atoms with E-state index in [4.69, 9.17) is 5.84 Å². The Balaban J connectivity index is 2.43. The van der Waals surface area contributed by atoms with Gasteiger partial charge in [-0.25, -0.2) is 5.84 Å². The summed E-state index contributed by atoms with van der Waals surface area (Å²) in [5.41, 5.74) is -2.25. The molecule has 1 atom stereocenters. The highest BCUT2D eigenvalue weighted by Crippen LogP contribution is 2.24. The molecule has 0 unspecified atom stereocenters. The summed E-state index contributed by atoms with van der Waals surface area (Å²) in [6, 6.07) is -0.195. The highest BCUT2D eigenvalue weighted by molar-refractivity contribution is 5.94. The average molecular weight is 347 g/mol. The molecule has 1 aromatic heterocycles. The molecule has 0 saturated heterocycles. The molecule has 0 radical (unpaired) electrons. The topological polar surface area (TPSA) is 137 Å². The van der Waals surface area contributed by atoms with E-state index in [0.717, 1.165) is 0 Å². The van der Waals surface area contributed by atoms with Gasteiger partial charge in [-0.2, -0.15) is 0 Å². The van der Waals surface area contributed by atoms with E-state index in [1.54, 1.807) is 0 Å². The average Bonchev–Trinajstić information content (AvgIpc) is 2.60. The molecule has 0 saturated carbocycles. The van der Waals surface area contributed by atoms with Gasteiger partial charge in [-0.15, -0.1) is 0 Å². The first kappa shape index (κ1) is 18.4. The SMILES string of the molecule is CNC(=O)c1c[nH]cc(Nc2c(N(N)[C@@H](C)C(C)C)c(=O)c2=O)c1=O. The highest BCUT2D eigenvalue weighted by Gasteiger charge is 2.29. The molecule has 0 bridgehead atoms. The molecule has 0 aliphatic heterocycles. The number of hydrazine groups is 1. The van der Waals surface area contributed by atoms with E-state index in [9.17, 15) is 19.2 Å². The van der Waals surface area contributed by atoms with Crippen LogP contribution < -0.4 is 37.8 Å². The van der Waals surface area contributed by atoms with Gasteiger partial charge in [-0.3, -0.25) is 19.2 Å². The number of nitrogens with two attached hydrogens (primary N) is 1. The van der Waals surface area contributed by atoms with E-state index < -0.39 is 22.2 Å². The van der Waals surface area contributed by atoms with Gasteiger partial charge < -0.3 is 20.6 Å². The van der Waals surface area contributed by atoms with Crippen LogP contribution in [0.4, 0.5) is 17.1 Å². The van der Waals surface area contributed by atoms with Crippen molar-refractivity contribution in [1.82, 2.24) is 10.3 Å². The van der Waals surface area contributed by atoms with E-state index in [-0.39, 0.29) is 34.6 Å². The van der Waals surface area contributed by atoms with Crippen molar-refractivity contribution in [2.75, 3.05) is 17.4 Å². The van der Waals surface area contributed by atoms with Crippen molar-refractivity contribution >= 4 is 23.0 Å². The molecule has 0 spiro atoms. The van der Waals surface area contributed by atoms with Crippen LogP contribution in [0.5, 0.6) is 0 Å². The maximum Gasteiger partial charge on any atom is 0.256 e. The molecular weight excluding hydrogens is 326 g/mol. The molecule has 0 fully saturated rings. The van der Waals surface area contributed by atoms with Gasteiger partial charge in [0.15, 0.2) is 0 Å². The Morgan fingerprint density at radius 3 is 2.32 bits per heavy atom. The fourth-order valence-electron chi connectivity index (χ4n) is 2.28. The molecule has 5 N–H and O–H groups in total. The predicted octanol–water partition coefficient (Wildman–Crippen LogP) is -0.201. The summed E-state index contributed by atoms with van der Waals surface area (Å²) < 4.78 is 0. The maximum absolute atomic E-state index is 12.3. The van der Waals surface area contributed by atoms with Crippen LogP contribution >= 0.6 is 0 Å². The highest BCUT2D eigenvalue weighted by atomic mass is 16.2. The van der Waals surface area contributed by atoms with Crippen LogP contribution in [0, 0.1) is 5.92 Å². The standard InChI is InChI=1S/C16H21N5O4/c1-7(2)8(3)21(17)12-11(14(23)15(12)24)20-10-6-19-5-9(13(10)22)16(25)18-4/h5-8,20H,17H2,1-4H3,(H,18,25)(H,19,22)/t8-/m0/s1. The molecule has 2 rings (SSSR count). The zero-order chi connectivity index (χ0) is 18.9. The molecule has 134 valence electrons. The Hall–Kier alpha value is -2.94. The van der Waals surface area contributed by atoms with E-state index in [2.05, 4.69) is 15.6 Å². The number of aromatic nitrogens is 1. The maximum atomic E-state index is 12.3. The van der Waals surface area contributed by atoms with E-state index in [1.165, 1.54) is 24.5 Å². The van der Waals surface area contributed by atoms with Crippen LogP contribution in [0.2, 0.25) is 0 Å². The number of pyridine rings is 1. The van der Waals surface area contributed by atoms with E-state index in [1.807, 2.05) is 20.8 Å². The van der Waals surface area contributed by atoms with Gasteiger partial charge in [-0.1, -0.05) is 13.8 Å². The molecule has 25 heavy (non-hydrogen) atoms. The number of carbonyl (C=O) groups excluding carboxylic acids is 1. The lowest BCUT2D eigenvalue weighted by Crippen LogP contribution is -2.51. The minimum atomic E-state index is -0.758. The largest absolute Gasteiger partial charge is 0.365 e. The number of aromatic amines is 1. The van der Waals surface area contributed by atoms with Gasteiger partial charge in [0, 0.05) is 25.5 Å². The van der Waals surface area contributed by atoms with E-state index >= 15 is 0 Å². The minimum absolute atomic E-state index is 0.0240. The summed E-state index contributed by atoms with van der Waals surface area (Å²) in [4.78, 5) is 50.5. The van der Waals surface area contributed by atoms with Crippen molar-refractivity contribution in [2.24, 2.45) is 11.8 Å². The molecule has 0 aliphatic carbocycles. The Kier molecular flexibility index (Phi) is 5.07. The first-order valence-corrected chi connectivity index (χ1v) is 7.78. The number of H-pyrrole nitrogens is 1. The first-order valence-electron chi connectivity index (χ1n) is 7.78. The van der Waals surface area contributed by atoms with Crippen LogP contribution in [0.15, 0.2) is 26.8 Å². The van der Waals surface area contributed by atoms with Crippen LogP contribution in [0.3, 0.4) is 0 Å². The van der Waals surface area contributed by atoms with Gasteiger partial charge in [0.25, 0.3) is 16.8 Å². The van der Waals surface area contributed by atoms with Crippen LogP contribution in [0.1, 0.15) is 31.1 Å². The third kappa shape index (κ3) is 3.18. The van der Waals surface area contributed by atoms with Gasteiger partial charge in [0.1, 0.15) is 22.6 Å². The van der Waals surface area contributed by atoms with Crippen molar-refractivity contribution in [3.8, 4) is 0 Å². The summed E-state index contributed by atoms with van der Waals surface area (Å²) in [5.74, 6) is 5.55. The first-order chi connectivity index (χ1) is 11.7. The predicted molar refractivity (Wildman–Crippen MR) is 96.1 cm³/mol. The van der Waals surface area contributed by atoms with Gasteiger partial charge in [0.2, 0.25) is 5.43 Å². The van der Waals surface area contributed by atoms with Crippen molar-refractivity contribution < 1.29 is 4.79 Å². The van der Waals surface area contributed by atoms with Gasteiger partial charge in [-0.05, 0) is 12.8 Å². The zero-order valence-electron chi connectivity index (χ0n) is 14.5. The van der Waals surface area contributed by atoms with Crippen molar-refractivity contribution in [2.45, 2.75) is 26.8 Å². The lowest BCUT2D eigenvalue weighted by atomic mass is 10.0. The summed E-state index contributed by atoms with van der Waals surface area (Å²) in [7, 11) is 1.40. The summed E-state index contributed by atoms with van der Waals surface area (Å²) in [6.07, 6.45) is 2.56. The smallest absolute Gasteiger partial charge is 0.256 e. The monoisotopic (exact) mass is 347 g/mol. The Morgan fingerprint density at radius 1 is 1.12 bits per heavy atom. The summed E-state index contributed by atoms with van der Waals surface area (Å²) in [5, 5.41) is 6.22. The number of amides is 1. The third-order valence-corrected chi connectivity index (χ3v) is 4.22. The van der Waals surface area contributed by atoms with Crippen molar-refractivity contribution in [3.63, 3.8) is 0 Å². The number of rotatable bonds is 6. The third-order valence-electron chi connectivity index (χ3n) is 4.22. The van der Waals surface area contributed by atoms with Crippen LogP contribution in [0.25, 0.3) is 0 Å². The molecule has 1 aromatic carbocycles. The number of hydrogen-bond donors (Lipinski definition) is 4. The number of nitrogens with one attached hydrogen (secondary N) is 3. The van der Waals surface area contributed by atoms with Crippen LogP contribution in [-0.2, 0) is 0 Å².